The van der Waals surface area contributed by atoms with Crippen molar-refractivity contribution in [2.24, 2.45) is 5.92 Å². The SMILES string of the molecule is C=CCN1CCOCC1.CC.CNc1ccc(/C=C/C2CCNCC2)cc1. The Labute approximate surface area is 166 Å². The van der Waals surface area contributed by atoms with Crippen LogP contribution in [0, 0.1) is 5.92 Å². The molecule has 0 atom stereocenters. The number of benzene rings is 1. The van der Waals surface area contributed by atoms with Gasteiger partial charge in [-0.1, -0.05) is 44.2 Å². The van der Waals surface area contributed by atoms with Crippen molar-refractivity contribution in [2.45, 2.75) is 26.7 Å². The standard InChI is InChI=1S/C14H20N2.C7H13NO.C2H6/c1-15-14-6-4-12(5-7-14)2-3-13-8-10-16-11-9-13;1-2-3-8-4-6-9-7-5-8;1-2/h2-7,13,15-16H,8-11H2,1H3;2H,1,3-7H2;1-2H3/b3-2+;;. The van der Waals surface area contributed by atoms with Gasteiger partial charge in [-0.25, -0.2) is 0 Å². The Bertz CT molecular complexity index is 501. The highest BCUT2D eigenvalue weighted by Gasteiger charge is 2.08. The van der Waals surface area contributed by atoms with Gasteiger partial charge in [0.15, 0.2) is 0 Å². The van der Waals surface area contributed by atoms with Gasteiger partial charge in [0.25, 0.3) is 0 Å². The first-order valence-electron chi connectivity index (χ1n) is 10.4. The second kappa shape index (κ2) is 15.4. The van der Waals surface area contributed by atoms with E-state index < -0.39 is 0 Å². The van der Waals surface area contributed by atoms with Crippen molar-refractivity contribution in [2.75, 3.05) is 58.3 Å². The minimum atomic E-state index is 0.755. The first-order chi connectivity index (χ1) is 13.3. The van der Waals surface area contributed by atoms with Crippen LogP contribution in [-0.2, 0) is 4.74 Å². The Hall–Kier alpha value is -1.62. The van der Waals surface area contributed by atoms with Crippen molar-refractivity contribution in [3.05, 3.63) is 48.6 Å². The van der Waals surface area contributed by atoms with Crippen molar-refractivity contribution >= 4 is 11.8 Å². The van der Waals surface area contributed by atoms with Gasteiger partial charge < -0.3 is 15.4 Å². The van der Waals surface area contributed by atoms with E-state index >= 15 is 0 Å². The third-order valence-electron chi connectivity index (χ3n) is 4.64. The molecule has 2 aliphatic heterocycles. The molecule has 4 nitrogen and oxygen atoms in total. The van der Waals surface area contributed by atoms with Gasteiger partial charge in [-0.3, -0.25) is 4.90 Å². The van der Waals surface area contributed by atoms with E-state index in [2.05, 4.69) is 58.5 Å². The lowest BCUT2D eigenvalue weighted by atomic mass is 9.97. The lowest BCUT2D eigenvalue weighted by Crippen LogP contribution is -2.36. The molecule has 2 saturated heterocycles. The number of hydrogen-bond acceptors (Lipinski definition) is 4. The summed E-state index contributed by atoms with van der Waals surface area (Å²) >= 11 is 0. The van der Waals surface area contributed by atoms with Crippen LogP contribution in [-0.4, -0.2) is 57.9 Å². The third-order valence-corrected chi connectivity index (χ3v) is 4.64. The molecule has 0 radical (unpaired) electrons. The van der Waals surface area contributed by atoms with Crippen LogP contribution in [0.15, 0.2) is 43.0 Å². The summed E-state index contributed by atoms with van der Waals surface area (Å²) in [5.41, 5.74) is 2.46. The first-order valence-corrected chi connectivity index (χ1v) is 10.4. The van der Waals surface area contributed by atoms with E-state index in [9.17, 15) is 0 Å². The predicted molar refractivity (Wildman–Crippen MR) is 119 cm³/mol. The number of piperidine rings is 1. The molecule has 4 heteroatoms. The Morgan fingerprint density at radius 3 is 2.33 bits per heavy atom. The number of rotatable bonds is 5. The van der Waals surface area contributed by atoms with Crippen LogP contribution in [0.25, 0.3) is 6.08 Å². The van der Waals surface area contributed by atoms with Crippen LogP contribution in [0.5, 0.6) is 0 Å². The van der Waals surface area contributed by atoms with Crippen molar-refractivity contribution in [1.29, 1.82) is 0 Å². The van der Waals surface area contributed by atoms with Gasteiger partial charge >= 0.3 is 0 Å². The average molecular weight is 374 g/mol. The molecule has 0 spiro atoms. The molecule has 2 aliphatic rings. The number of ether oxygens (including phenoxy) is 1. The van der Waals surface area contributed by atoms with E-state index in [1.165, 1.54) is 24.1 Å². The van der Waals surface area contributed by atoms with Gasteiger partial charge in [-0.05, 0) is 49.5 Å². The van der Waals surface area contributed by atoms with Gasteiger partial charge in [-0.15, -0.1) is 6.58 Å². The van der Waals surface area contributed by atoms with E-state index in [0.717, 1.165) is 51.9 Å². The Morgan fingerprint density at radius 1 is 1.15 bits per heavy atom. The Kier molecular flexibility index (Phi) is 13.4. The number of allylic oxidation sites excluding steroid dienone is 1. The molecule has 27 heavy (non-hydrogen) atoms. The zero-order chi connectivity index (χ0) is 19.7. The largest absolute Gasteiger partial charge is 0.388 e. The number of anilines is 1. The smallest absolute Gasteiger partial charge is 0.0594 e. The summed E-state index contributed by atoms with van der Waals surface area (Å²) in [5, 5.41) is 6.51. The molecule has 2 fully saturated rings. The zero-order valence-corrected chi connectivity index (χ0v) is 17.5. The van der Waals surface area contributed by atoms with Gasteiger partial charge in [0.1, 0.15) is 0 Å². The number of morpholine rings is 1. The summed E-state index contributed by atoms with van der Waals surface area (Å²) in [4.78, 5) is 2.33. The highest BCUT2D eigenvalue weighted by molar-refractivity contribution is 5.54. The fraction of sp³-hybridized carbons (Fsp3) is 0.565. The van der Waals surface area contributed by atoms with Crippen LogP contribution in [0.2, 0.25) is 0 Å². The Morgan fingerprint density at radius 2 is 1.78 bits per heavy atom. The number of nitrogens with zero attached hydrogens (tertiary/aromatic N) is 1. The maximum Gasteiger partial charge on any atom is 0.0594 e. The monoisotopic (exact) mass is 373 g/mol. The fourth-order valence-corrected chi connectivity index (χ4v) is 3.01. The summed E-state index contributed by atoms with van der Waals surface area (Å²) < 4.78 is 5.17. The minimum absolute atomic E-state index is 0.755. The van der Waals surface area contributed by atoms with Crippen molar-refractivity contribution in [3.8, 4) is 0 Å². The van der Waals surface area contributed by atoms with Gasteiger partial charge in [-0.2, -0.15) is 0 Å². The molecule has 1 aromatic rings. The molecule has 0 unspecified atom stereocenters. The lowest BCUT2D eigenvalue weighted by molar-refractivity contribution is 0.0434. The van der Waals surface area contributed by atoms with E-state index in [0.29, 0.717) is 0 Å². The fourth-order valence-electron chi connectivity index (χ4n) is 3.01. The van der Waals surface area contributed by atoms with Crippen LogP contribution in [0.4, 0.5) is 5.69 Å². The summed E-state index contributed by atoms with van der Waals surface area (Å²) in [6.07, 6.45) is 9.08. The highest BCUT2D eigenvalue weighted by Crippen LogP contribution is 2.16. The van der Waals surface area contributed by atoms with Crippen LogP contribution < -0.4 is 10.6 Å². The van der Waals surface area contributed by atoms with Gasteiger partial charge in [0, 0.05) is 32.4 Å². The molecular formula is C23H39N3O. The van der Waals surface area contributed by atoms with Crippen LogP contribution in [0.1, 0.15) is 32.3 Å². The zero-order valence-electron chi connectivity index (χ0n) is 17.5. The second-order valence-electron chi connectivity index (χ2n) is 6.52. The molecule has 0 saturated carbocycles. The quantitative estimate of drug-likeness (QED) is 0.756. The normalized spacial score (nSPS) is 18.0. The van der Waals surface area contributed by atoms with E-state index in [4.69, 9.17) is 4.74 Å². The topological polar surface area (TPSA) is 36.5 Å². The van der Waals surface area contributed by atoms with E-state index in [-0.39, 0.29) is 0 Å². The first kappa shape index (κ1) is 23.4. The maximum atomic E-state index is 5.17. The molecule has 2 heterocycles. The van der Waals surface area contributed by atoms with Crippen molar-refractivity contribution in [3.63, 3.8) is 0 Å². The second-order valence-corrected chi connectivity index (χ2v) is 6.52. The summed E-state index contributed by atoms with van der Waals surface area (Å²) in [7, 11) is 1.94. The highest BCUT2D eigenvalue weighted by atomic mass is 16.5. The average Bonchev–Trinajstić information content (AvgIpc) is 2.76. The molecule has 0 aromatic heterocycles. The molecular weight excluding hydrogens is 334 g/mol. The molecule has 0 amide bonds. The van der Waals surface area contributed by atoms with E-state index in [1.54, 1.807) is 0 Å². The molecule has 0 bridgehead atoms. The lowest BCUT2D eigenvalue weighted by Gasteiger charge is -2.24. The molecule has 152 valence electrons. The molecule has 1 aromatic carbocycles. The van der Waals surface area contributed by atoms with Crippen LogP contribution >= 0.6 is 0 Å². The third kappa shape index (κ3) is 10.3. The summed E-state index contributed by atoms with van der Waals surface area (Å²) in [6, 6.07) is 8.54. The van der Waals surface area contributed by atoms with Gasteiger partial charge in [0.2, 0.25) is 0 Å². The maximum absolute atomic E-state index is 5.17. The summed E-state index contributed by atoms with van der Waals surface area (Å²) in [5.74, 6) is 0.755. The molecule has 2 N–H and O–H groups in total. The van der Waals surface area contributed by atoms with Crippen molar-refractivity contribution < 1.29 is 4.74 Å². The number of hydrogen-bond donors (Lipinski definition) is 2. The molecule has 3 rings (SSSR count). The van der Waals surface area contributed by atoms with Crippen molar-refractivity contribution in [1.82, 2.24) is 10.2 Å². The van der Waals surface area contributed by atoms with Crippen LogP contribution in [0.3, 0.4) is 0 Å². The van der Waals surface area contributed by atoms with Gasteiger partial charge in [0.05, 0.1) is 13.2 Å². The molecule has 0 aliphatic carbocycles. The van der Waals surface area contributed by atoms with E-state index in [1.807, 2.05) is 27.0 Å². The summed E-state index contributed by atoms with van der Waals surface area (Å²) in [6.45, 7) is 14.9. The number of nitrogens with one attached hydrogen (secondary N) is 2. The predicted octanol–water partition coefficient (Wildman–Crippen LogP) is 4.27. The Balaban J connectivity index is 0.000000282. The minimum Gasteiger partial charge on any atom is -0.388 e.